The second-order valence-electron chi connectivity index (χ2n) is 16.9. The summed E-state index contributed by atoms with van der Waals surface area (Å²) in [6.07, 6.45) is 58.4. The van der Waals surface area contributed by atoms with Gasteiger partial charge in [0, 0.05) is 13.0 Å². The highest BCUT2D eigenvalue weighted by molar-refractivity contribution is 7.47. The highest BCUT2D eigenvalue weighted by atomic mass is 31.2. The molecule has 0 saturated heterocycles. The van der Waals surface area contributed by atoms with Crippen molar-refractivity contribution in [3.05, 3.63) is 60.8 Å². The van der Waals surface area contributed by atoms with Gasteiger partial charge in [-0.1, -0.05) is 190 Å². The van der Waals surface area contributed by atoms with Crippen molar-refractivity contribution in [2.45, 2.75) is 231 Å². The highest BCUT2D eigenvalue weighted by Crippen LogP contribution is 2.43. The maximum Gasteiger partial charge on any atom is 0.472 e. The minimum Gasteiger partial charge on any atom is -0.480 e. The number of hydrogen-bond donors (Lipinski definition) is 3. The second-order valence-corrected chi connectivity index (χ2v) is 18.4. The van der Waals surface area contributed by atoms with Crippen LogP contribution in [0.3, 0.4) is 0 Å². The molecule has 63 heavy (non-hydrogen) atoms. The first-order valence-electron chi connectivity index (χ1n) is 25.3. The molecule has 0 aliphatic heterocycles. The zero-order valence-electron chi connectivity index (χ0n) is 40.2. The number of carboxylic acid groups (broad SMARTS) is 1. The number of nitrogens with two attached hydrogens (primary N) is 1. The lowest BCUT2D eigenvalue weighted by Gasteiger charge is -2.20. The monoisotopic (exact) mass is 908 g/mol. The summed E-state index contributed by atoms with van der Waals surface area (Å²) in [6.45, 7) is 3.84. The van der Waals surface area contributed by atoms with Crippen LogP contribution in [-0.4, -0.2) is 60.5 Å². The van der Waals surface area contributed by atoms with Crippen LogP contribution in [-0.2, 0) is 32.7 Å². The van der Waals surface area contributed by atoms with E-state index >= 15 is 0 Å². The number of carboxylic acids is 1. The fraction of sp³-hybridized carbons (Fsp3) is 0.769. The van der Waals surface area contributed by atoms with Crippen LogP contribution in [0.15, 0.2) is 60.8 Å². The van der Waals surface area contributed by atoms with E-state index in [-0.39, 0.29) is 13.0 Å². The molecule has 0 bridgehead atoms. The smallest absolute Gasteiger partial charge is 0.472 e. The minimum atomic E-state index is -4.63. The molecule has 3 unspecified atom stereocenters. The van der Waals surface area contributed by atoms with Gasteiger partial charge in [0.05, 0.1) is 19.8 Å². The van der Waals surface area contributed by atoms with Crippen molar-refractivity contribution in [3.8, 4) is 0 Å². The molecular formula is C52H94NO9P. The van der Waals surface area contributed by atoms with Gasteiger partial charge in [0.1, 0.15) is 12.1 Å². The lowest BCUT2D eigenvalue weighted by Crippen LogP contribution is -2.34. The lowest BCUT2D eigenvalue weighted by atomic mass is 10.1. The Labute approximate surface area is 385 Å². The maximum atomic E-state index is 12.7. The fourth-order valence-electron chi connectivity index (χ4n) is 6.82. The number of allylic oxidation sites excluding steroid dienone is 10. The first kappa shape index (κ1) is 60.7. The van der Waals surface area contributed by atoms with E-state index in [1.54, 1.807) is 0 Å². The van der Waals surface area contributed by atoms with E-state index in [9.17, 15) is 19.0 Å². The molecule has 10 nitrogen and oxygen atoms in total. The molecule has 366 valence electrons. The quantitative estimate of drug-likeness (QED) is 0.0233. The summed E-state index contributed by atoms with van der Waals surface area (Å²) in [7, 11) is -4.63. The zero-order valence-corrected chi connectivity index (χ0v) is 41.1. The van der Waals surface area contributed by atoms with Gasteiger partial charge in [0.15, 0.2) is 0 Å². The number of carbonyl (C=O) groups excluding carboxylic acids is 1. The summed E-state index contributed by atoms with van der Waals surface area (Å²) in [5, 5.41) is 8.93. The summed E-state index contributed by atoms with van der Waals surface area (Å²) in [5.74, 6) is -1.79. The van der Waals surface area contributed by atoms with Gasteiger partial charge in [-0.15, -0.1) is 0 Å². The Kier molecular flexibility index (Phi) is 45.9. The van der Waals surface area contributed by atoms with Gasteiger partial charge < -0.3 is 25.2 Å². The molecule has 0 heterocycles. The summed E-state index contributed by atoms with van der Waals surface area (Å²) in [6, 6.07) is -1.48. The average molecular weight is 908 g/mol. The zero-order chi connectivity index (χ0) is 46.2. The molecule has 3 atom stereocenters. The molecular weight excluding hydrogens is 814 g/mol. The summed E-state index contributed by atoms with van der Waals surface area (Å²) in [4.78, 5) is 33.7. The van der Waals surface area contributed by atoms with Gasteiger partial charge >= 0.3 is 19.8 Å². The van der Waals surface area contributed by atoms with Crippen molar-refractivity contribution >= 4 is 19.8 Å². The van der Waals surface area contributed by atoms with Gasteiger partial charge in [-0.25, -0.2) is 4.57 Å². The van der Waals surface area contributed by atoms with Crippen LogP contribution < -0.4 is 5.73 Å². The van der Waals surface area contributed by atoms with E-state index in [2.05, 4.69) is 74.6 Å². The Bertz CT molecular complexity index is 1230. The van der Waals surface area contributed by atoms with Crippen molar-refractivity contribution in [3.63, 3.8) is 0 Å². The number of esters is 1. The van der Waals surface area contributed by atoms with Gasteiger partial charge in [0.25, 0.3) is 0 Å². The van der Waals surface area contributed by atoms with E-state index < -0.39 is 45.1 Å². The predicted molar refractivity (Wildman–Crippen MR) is 263 cm³/mol. The van der Waals surface area contributed by atoms with Crippen LogP contribution >= 0.6 is 7.82 Å². The Morgan fingerprint density at radius 2 is 0.873 bits per heavy atom. The van der Waals surface area contributed by atoms with Crippen molar-refractivity contribution in [1.82, 2.24) is 0 Å². The van der Waals surface area contributed by atoms with E-state index in [0.717, 1.165) is 77.0 Å². The predicted octanol–water partition coefficient (Wildman–Crippen LogP) is 14.8. The number of phosphoric ester groups is 1. The van der Waals surface area contributed by atoms with Crippen LogP contribution in [0.25, 0.3) is 0 Å². The topological polar surface area (TPSA) is 155 Å². The summed E-state index contributed by atoms with van der Waals surface area (Å²) >= 11 is 0. The molecule has 0 amide bonds. The molecule has 4 N–H and O–H groups in total. The van der Waals surface area contributed by atoms with Crippen LogP contribution in [0.4, 0.5) is 0 Å². The molecule has 11 heteroatoms. The molecule has 0 saturated carbocycles. The van der Waals surface area contributed by atoms with E-state index in [1.165, 1.54) is 116 Å². The molecule has 0 aromatic heterocycles. The molecule has 0 aromatic carbocycles. The van der Waals surface area contributed by atoms with Gasteiger partial charge in [-0.3, -0.25) is 18.6 Å². The number of unbranched alkanes of at least 4 members (excludes halogenated alkanes) is 24. The minimum absolute atomic E-state index is 0.00767. The van der Waals surface area contributed by atoms with Crippen LogP contribution in [0.5, 0.6) is 0 Å². The number of phosphoric acid groups is 1. The lowest BCUT2D eigenvalue weighted by molar-refractivity contribution is -0.154. The average Bonchev–Trinajstić information content (AvgIpc) is 3.26. The molecule has 0 aromatic rings. The normalized spacial score (nSPS) is 14.2. The Morgan fingerprint density at radius 1 is 0.508 bits per heavy atom. The van der Waals surface area contributed by atoms with Gasteiger partial charge in [-0.2, -0.15) is 0 Å². The maximum absolute atomic E-state index is 12.7. The Hall–Kier alpha value is -2.33. The summed E-state index contributed by atoms with van der Waals surface area (Å²) < 4.78 is 33.5. The standard InChI is InChI=1S/C52H94NO9P/c1-3-5-7-9-11-13-15-17-19-21-23-25-26-28-30-32-34-36-38-40-42-44-51(54)62-49(47-60-63(57,58)61-48-50(53)52(55)56)46-59-45-43-41-39-37-35-33-31-29-27-24-22-20-18-16-14-12-10-8-6-4-2/h12,14-15,17-18,20-21,23,26,28,49-50H,3-11,13,16,19,22,24-25,27,29-48,53H2,1-2H3,(H,55,56)(H,57,58)/b14-12-,17-15-,20-18-,23-21-,28-26-. The van der Waals surface area contributed by atoms with E-state index in [4.69, 9.17) is 29.4 Å². The molecule has 0 aliphatic rings. The largest absolute Gasteiger partial charge is 0.480 e. The number of hydrogen-bond acceptors (Lipinski definition) is 8. The molecule has 0 spiro atoms. The fourth-order valence-corrected chi connectivity index (χ4v) is 7.60. The number of rotatable bonds is 48. The van der Waals surface area contributed by atoms with Gasteiger partial charge in [0.2, 0.25) is 0 Å². The van der Waals surface area contributed by atoms with Crippen LogP contribution in [0.1, 0.15) is 219 Å². The van der Waals surface area contributed by atoms with Gasteiger partial charge in [-0.05, 0) is 83.5 Å². The Morgan fingerprint density at radius 3 is 1.33 bits per heavy atom. The molecule has 0 fully saturated rings. The molecule has 0 radical (unpaired) electrons. The molecule has 0 aliphatic carbocycles. The van der Waals surface area contributed by atoms with Crippen molar-refractivity contribution in [1.29, 1.82) is 0 Å². The first-order chi connectivity index (χ1) is 30.7. The van der Waals surface area contributed by atoms with Crippen LogP contribution in [0, 0.1) is 0 Å². The third-order valence-electron chi connectivity index (χ3n) is 10.8. The number of aliphatic carboxylic acids is 1. The van der Waals surface area contributed by atoms with Crippen molar-refractivity contribution in [2.75, 3.05) is 26.4 Å². The second kappa shape index (κ2) is 47.6. The highest BCUT2D eigenvalue weighted by Gasteiger charge is 2.27. The summed E-state index contributed by atoms with van der Waals surface area (Å²) in [5.41, 5.74) is 5.37. The third kappa shape index (κ3) is 47.5. The first-order valence-corrected chi connectivity index (χ1v) is 26.8. The number of carbonyl (C=O) groups is 2. The molecule has 0 rings (SSSR count). The van der Waals surface area contributed by atoms with E-state index in [0.29, 0.717) is 13.0 Å². The van der Waals surface area contributed by atoms with Crippen LogP contribution in [0.2, 0.25) is 0 Å². The Balaban J connectivity index is 4.20. The van der Waals surface area contributed by atoms with Crippen molar-refractivity contribution < 1.29 is 42.7 Å². The number of ether oxygens (including phenoxy) is 2. The van der Waals surface area contributed by atoms with Crippen molar-refractivity contribution in [2.24, 2.45) is 5.73 Å². The van der Waals surface area contributed by atoms with E-state index in [1.807, 2.05) is 0 Å². The third-order valence-corrected chi connectivity index (χ3v) is 11.7. The SMILES string of the molecule is CCCCC/C=C\C/C=C\CCCCCCCCCCCCOCC(COP(=O)(O)OCC(N)C(=O)O)OC(=O)CCCCCCCC/C=C\C/C=C\C/C=C\CCCCCCC.